The van der Waals surface area contributed by atoms with Crippen LogP contribution < -0.4 is 10.7 Å². The van der Waals surface area contributed by atoms with Gasteiger partial charge in [-0.2, -0.15) is 13.2 Å². The number of aromatic nitrogens is 1. The Morgan fingerprint density at radius 3 is 2.45 bits per heavy atom. The van der Waals surface area contributed by atoms with Crippen molar-refractivity contribution in [2.45, 2.75) is 37.1 Å². The topological polar surface area (TPSA) is 48.0 Å². The SMILES string of the molecule is Cn1cc(Br)c([C@@H](CC(C)(C)SN)C(F)(F)F)cc1=O. The van der Waals surface area contributed by atoms with Crippen molar-refractivity contribution in [3.8, 4) is 0 Å². The normalized spacial score (nSPS) is 14.4. The van der Waals surface area contributed by atoms with Crippen LogP contribution in [0.1, 0.15) is 31.7 Å². The average Bonchev–Trinajstić information content (AvgIpc) is 2.30. The third-order valence-corrected chi connectivity index (χ3v) is 4.46. The third kappa shape index (κ3) is 4.26. The van der Waals surface area contributed by atoms with Crippen LogP contribution in [0.15, 0.2) is 21.5 Å². The molecule has 1 heterocycles. The van der Waals surface area contributed by atoms with Crippen molar-refractivity contribution in [2.24, 2.45) is 12.2 Å². The average molecular weight is 373 g/mol. The molecule has 0 amide bonds. The molecule has 0 spiro atoms. The van der Waals surface area contributed by atoms with E-state index in [1.54, 1.807) is 13.8 Å². The zero-order valence-electron chi connectivity index (χ0n) is 11.3. The molecule has 8 heteroatoms. The molecule has 0 fully saturated rings. The molecule has 2 N–H and O–H groups in total. The lowest BCUT2D eigenvalue weighted by Crippen LogP contribution is -2.31. The van der Waals surface area contributed by atoms with E-state index in [-0.39, 0.29) is 16.5 Å². The predicted octanol–water partition coefficient (Wildman–Crippen LogP) is 3.57. The van der Waals surface area contributed by atoms with Gasteiger partial charge in [-0.15, -0.1) is 0 Å². The predicted molar refractivity (Wildman–Crippen MR) is 78.7 cm³/mol. The summed E-state index contributed by atoms with van der Waals surface area (Å²) in [6.45, 7) is 3.29. The molecule has 1 aromatic heterocycles. The van der Waals surface area contributed by atoms with E-state index >= 15 is 0 Å². The third-order valence-electron chi connectivity index (χ3n) is 2.99. The van der Waals surface area contributed by atoms with Crippen LogP contribution in [0.4, 0.5) is 13.2 Å². The molecular weight excluding hydrogens is 357 g/mol. The second-order valence-electron chi connectivity index (χ2n) is 5.20. The minimum absolute atomic E-state index is 0.0530. The lowest BCUT2D eigenvalue weighted by molar-refractivity contribution is -0.153. The molecule has 0 aromatic carbocycles. The van der Waals surface area contributed by atoms with Gasteiger partial charge in [0, 0.05) is 28.5 Å². The number of pyridine rings is 1. The van der Waals surface area contributed by atoms with Gasteiger partial charge in [0.05, 0.1) is 5.92 Å². The molecule has 114 valence electrons. The molecule has 3 nitrogen and oxygen atoms in total. The van der Waals surface area contributed by atoms with Gasteiger partial charge in [0.2, 0.25) is 0 Å². The number of hydrogen-bond acceptors (Lipinski definition) is 3. The van der Waals surface area contributed by atoms with Crippen LogP contribution in [0.5, 0.6) is 0 Å². The molecule has 0 unspecified atom stereocenters. The summed E-state index contributed by atoms with van der Waals surface area (Å²) in [5, 5.41) is 5.44. The van der Waals surface area contributed by atoms with E-state index in [4.69, 9.17) is 5.14 Å². The molecule has 1 aromatic rings. The van der Waals surface area contributed by atoms with Gasteiger partial charge < -0.3 is 4.57 Å². The Kier molecular flexibility index (Phi) is 5.37. The summed E-state index contributed by atoms with van der Waals surface area (Å²) in [7, 11) is 1.49. The van der Waals surface area contributed by atoms with Gasteiger partial charge in [0.1, 0.15) is 0 Å². The monoisotopic (exact) mass is 372 g/mol. The van der Waals surface area contributed by atoms with Crippen molar-refractivity contribution in [2.75, 3.05) is 0 Å². The first-order valence-corrected chi connectivity index (χ1v) is 7.46. The second-order valence-corrected chi connectivity index (χ2v) is 7.40. The summed E-state index contributed by atoms with van der Waals surface area (Å²) < 4.78 is 40.7. The summed E-state index contributed by atoms with van der Waals surface area (Å²) in [5.41, 5.74) is -0.529. The summed E-state index contributed by atoms with van der Waals surface area (Å²) in [6, 6.07) is 1.03. The van der Waals surface area contributed by atoms with Gasteiger partial charge in [-0.3, -0.25) is 9.93 Å². The van der Waals surface area contributed by atoms with E-state index in [0.717, 1.165) is 18.0 Å². The molecule has 0 aliphatic carbocycles. The second kappa shape index (κ2) is 6.11. The Hall–Kier alpha value is -0.470. The highest BCUT2D eigenvalue weighted by Gasteiger charge is 2.44. The minimum atomic E-state index is -4.44. The molecule has 0 radical (unpaired) electrons. The molecule has 0 aliphatic heterocycles. The molecule has 0 aliphatic rings. The summed E-state index contributed by atoms with van der Waals surface area (Å²) >= 11 is 3.99. The van der Waals surface area contributed by atoms with Crippen LogP contribution in [0.3, 0.4) is 0 Å². The van der Waals surface area contributed by atoms with Crippen molar-refractivity contribution in [3.05, 3.63) is 32.7 Å². The number of nitrogens with zero attached hydrogens (tertiary/aromatic N) is 1. The fraction of sp³-hybridized carbons (Fsp3) is 0.583. The maximum atomic E-state index is 13.3. The Morgan fingerprint density at radius 2 is 2.00 bits per heavy atom. The minimum Gasteiger partial charge on any atom is -0.317 e. The standard InChI is InChI=1S/C12H16BrF3N2OS/c1-11(2,20-17)5-8(12(14,15)16)7-4-10(19)18(3)6-9(7)13/h4,6,8H,5,17H2,1-3H3/t8-/m1/s1. The molecule has 0 saturated heterocycles. The van der Waals surface area contributed by atoms with E-state index < -0.39 is 22.4 Å². The van der Waals surface area contributed by atoms with Crippen LogP contribution in [0.25, 0.3) is 0 Å². The van der Waals surface area contributed by atoms with Crippen LogP contribution in [-0.4, -0.2) is 15.5 Å². The fourth-order valence-corrected chi connectivity index (χ4v) is 2.78. The first-order valence-electron chi connectivity index (χ1n) is 5.78. The zero-order chi connectivity index (χ0) is 15.7. The number of halogens is 4. The van der Waals surface area contributed by atoms with E-state index in [0.29, 0.717) is 0 Å². The molecule has 0 bridgehead atoms. The lowest BCUT2D eigenvalue weighted by Gasteiger charge is -2.29. The maximum absolute atomic E-state index is 13.3. The smallest absolute Gasteiger partial charge is 0.317 e. The molecule has 1 atom stereocenters. The number of aryl methyl sites for hydroxylation is 1. The highest BCUT2D eigenvalue weighted by molar-refractivity contribution is 9.10. The molecular formula is C12H16BrF3N2OS. The van der Waals surface area contributed by atoms with E-state index in [1.165, 1.54) is 17.8 Å². The first kappa shape index (κ1) is 17.6. The lowest BCUT2D eigenvalue weighted by atomic mass is 9.89. The fourth-order valence-electron chi connectivity index (χ4n) is 1.82. The van der Waals surface area contributed by atoms with Gasteiger partial charge in [-0.25, -0.2) is 0 Å². The summed E-state index contributed by atoms with van der Waals surface area (Å²) in [4.78, 5) is 11.6. The van der Waals surface area contributed by atoms with Crippen LogP contribution >= 0.6 is 27.9 Å². The van der Waals surface area contributed by atoms with Crippen molar-refractivity contribution in [3.63, 3.8) is 0 Å². The van der Waals surface area contributed by atoms with Gasteiger partial charge in [-0.05, 0) is 41.8 Å². The quantitative estimate of drug-likeness (QED) is 0.821. The van der Waals surface area contributed by atoms with Crippen molar-refractivity contribution < 1.29 is 13.2 Å². The largest absolute Gasteiger partial charge is 0.395 e. The molecule has 1 rings (SSSR count). The van der Waals surface area contributed by atoms with Crippen LogP contribution in [0.2, 0.25) is 0 Å². The Labute approximate surface area is 128 Å². The van der Waals surface area contributed by atoms with Gasteiger partial charge in [0.25, 0.3) is 5.56 Å². The van der Waals surface area contributed by atoms with Crippen molar-refractivity contribution in [1.29, 1.82) is 0 Å². The number of rotatable bonds is 4. The van der Waals surface area contributed by atoms with Crippen LogP contribution in [-0.2, 0) is 7.05 Å². The maximum Gasteiger partial charge on any atom is 0.395 e. The Balaban J connectivity index is 3.33. The zero-order valence-corrected chi connectivity index (χ0v) is 13.7. The number of hydrogen-bond donors (Lipinski definition) is 1. The van der Waals surface area contributed by atoms with E-state index in [9.17, 15) is 18.0 Å². The van der Waals surface area contributed by atoms with Gasteiger partial charge >= 0.3 is 6.18 Å². The highest BCUT2D eigenvalue weighted by atomic mass is 79.9. The number of nitrogens with two attached hydrogens (primary N) is 1. The van der Waals surface area contributed by atoms with E-state index in [1.807, 2.05) is 0 Å². The number of alkyl halides is 3. The van der Waals surface area contributed by atoms with Crippen LogP contribution in [0, 0.1) is 0 Å². The summed E-state index contributed by atoms with van der Waals surface area (Å²) in [5.74, 6) is -1.74. The Bertz CT molecular complexity index is 542. The molecule has 0 saturated carbocycles. The first-order chi connectivity index (χ1) is 8.98. The summed E-state index contributed by atoms with van der Waals surface area (Å²) in [6.07, 6.45) is -3.30. The van der Waals surface area contributed by atoms with Crippen molar-refractivity contribution in [1.82, 2.24) is 4.57 Å². The molecule has 20 heavy (non-hydrogen) atoms. The highest BCUT2D eigenvalue weighted by Crippen LogP contribution is 2.44. The van der Waals surface area contributed by atoms with Gasteiger partial charge in [0.15, 0.2) is 0 Å². The Morgan fingerprint density at radius 1 is 1.45 bits per heavy atom. The van der Waals surface area contributed by atoms with Gasteiger partial charge in [-0.1, -0.05) is 11.9 Å². The van der Waals surface area contributed by atoms with Crippen molar-refractivity contribution >= 4 is 27.9 Å². The van der Waals surface area contributed by atoms with E-state index in [2.05, 4.69) is 15.9 Å².